The number of sulfonamides is 1. The van der Waals surface area contributed by atoms with Gasteiger partial charge in [0, 0.05) is 18.7 Å². The molecule has 1 N–H and O–H groups in total. The Labute approximate surface area is 219 Å². The predicted molar refractivity (Wildman–Crippen MR) is 143 cm³/mol. The van der Waals surface area contributed by atoms with Crippen molar-refractivity contribution in [1.29, 1.82) is 0 Å². The van der Waals surface area contributed by atoms with Crippen LogP contribution in [0, 0.1) is 0 Å². The molecular weight excluding hydrogens is 498 g/mol. The lowest BCUT2D eigenvalue weighted by molar-refractivity contribution is -0.140. The molecule has 0 aliphatic carbocycles. The molecule has 10 nitrogen and oxygen atoms in total. The van der Waals surface area contributed by atoms with Gasteiger partial charge in [0.15, 0.2) is 11.5 Å². The van der Waals surface area contributed by atoms with Crippen LogP contribution in [0.5, 0.6) is 17.2 Å². The van der Waals surface area contributed by atoms with E-state index in [0.29, 0.717) is 23.7 Å². The smallest absolute Gasteiger partial charge is 0.244 e. The third-order valence-electron chi connectivity index (χ3n) is 5.66. The number of nitrogens with one attached hydrogen (secondary N) is 1. The largest absolute Gasteiger partial charge is 0.497 e. The number of carbonyl (C=O) groups excluding carboxylic acids is 2. The molecule has 2 amide bonds. The number of ether oxygens (including phenoxy) is 3. The summed E-state index contributed by atoms with van der Waals surface area (Å²) in [7, 11) is 0.595. The third kappa shape index (κ3) is 8.01. The summed E-state index contributed by atoms with van der Waals surface area (Å²) in [4.78, 5) is 28.2. The van der Waals surface area contributed by atoms with Gasteiger partial charge in [0.2, 0.25) is 21.8 Å². The molecule has 1 atom stereocenters. The average molecular weight is 536 g/mol. The molecule has 37 heavy (non-hydrogen) atoms. The van der Waals surface area contributed by atoms with Crippen LogP contribution in [0.4, 0.5) is 5.69 Å². The molecule has 0 aliphatic heterocycles. The second-order valence-corrected chi connectivity index (χ2v) is 10.7. The van der Waals surface area contributed by atoms with Crippen LogP contribution >= 0.6 is 0 Å². The van der Waals surface area contributed by atoms with Crippen molar-refractivity contribution < 1.29 is 32.2 Å². The number of rotatable bonds is 13. The maximum Gasteiger partial charge on any atom is 0.244 e. The Morgan fingerprint density at radius 3 is 2.05 bits per heavy atom. The summed E-state index contributed by atoms with van der Waals surface area (Å²) in [5.74, 6) is 0.559. The van der Waals surface area contributed by atoms with Crippen LogP contribution in [0.2, 0.25) is 0 Å². The van der Waals surface area contributed by atoms with Crippen molar-refractivity contribution in [2.75, 3.05) is 38.4 Å². The second-order valence-electron chi connectivity index (χ2n) is 8.77. The van der Waals surface area contributed by atoms with Gasteiger partial charge in [-0.15, -0.1) is 0 Å². The first kappa shape index (κ1) is 29.8. The van der Waals surface area contributed by atoms with Crippen LogP contribution in [-0.2, 0) is 26.2 Å². The van der Waals surface area contributed by atoms with E-state index in [4.69, 9.17) is 14.2 Å². The molecule has 0 fully saturated rings. The molecule has 0 saturated heterocycles. The molecule has 0 spiro atoms. The Kier molecular flexibility index (Phi) is 10.6. The van der Waals surface area contributed by atoms with E-state index in [9.17, 15) is 18.0 Å². The first-order chi connectivity index (χ1) is 17.4. The van der Waals surface area contributed by atoms with Gasteiger partial charge >= 0.3 is 0 Å². The zero-order valence-electron chi connectivity index (χ0n) is 22.5. The van der Waals surface area contributed by atoms with Gasteiger partial charge < -0.3 is 24.4 Å². The molecular formula is C26H37N3O7S. The first-order valence-corrected chi connectivity index (χ1v) is 13.7. The third-order valence-corrected chi connectivity index (χ3v) is 6.80. The van der Waals surface area contributed by atoms with Crippen LogP contribution in [0.25, 0.3) is 0 Å². The van der Waals surface area contributed by atoms with Crippen molar-refractivity contribution >= 4 is 27.5 Å². The number of carbonyl (C=O) groups is 2. The normalized spacial score (nSPS) is 12.0. The number of amides is 2. The van der Waals surface area contributed by atoms with Crippen LogP contribution in [-0.4, -0.2) is 71.3 Å². The van der Waals surface area contributed by atoms with Crippen molar-refractivity contribution in [2.24, 2.45) is 0 Å². The van der Waals surface area contributed by atoms with E-state index in [2.05, 4.69) is 5.32 Å². The van der Waals surface area contributed by atoms with Crippen molar-refractivity contribution in [1.82, 2.24) is 10.2 Å². The minimum Gasteiger partial charge on any atom is -0.497 e. The highest BCUT2D eigenvalue weighted by Crippen LogP contribution is 2.32. The number of hydrogen-bond acceptors (Lipinski definition) is 7. The van der Waals surface area contributed by atoms with Crippen molar-refractivity contribution in [3.63, 3.8) is 0 Å². The van der Waals surface area contributed by atoms with E-state index in [1.54, 1.807) is 37.4 Å². The molecule has 0 aliphatic rings. The lowest BCUT2D eigenvalue weighted by Gasteiger charge is -2.33. The standard InChI is InChI=1S/C26H37N3O7S/c1-8-22(26(31)27-18(2)3)28(16-19-9-12-21(34-4)13-10-19)25(30)17-29(37(7,32)33)20-11-14-23(35-5)24(15-20)36-6/h9-15,18,22H,8,16-17H2,1-7H3,(H,27,31)/t22-/m1/s1. The van der Waals surface area contributed by atoms with Gasteiger partial charge in [-0.1, -0.05) is 19.1 Å². The number of methoxy groups -OCH3 is 3. The van der Waals surface area contributed by atoms with E-state index in [1.807, 2.05) is 20.8 Å². The summed E-state index contributed by atoms with van der Waals surface area (Å²) < 4.78 is 42.3. The lowest BCUT2D eigenvalue weighted by atomic mass is 10.1. The van der Waals surface area contributed by atoms with Gasteiger partial charge in [-0.05, 0) is 50.1 Å². The SMILES string of the molecule is CC[C@H](C(=O)NC(C)C)N(Cc1ccc(OC)cc1)C(=O)CN(c1ccc(OC)c(OC)c1)S(C)(=O)=O. The molecule has 2 rings (SSSR count). The van der Waals surface area contributed by atoms with E-state index in [-0.39, 0.29) is 24.2 Å². The summed E-state index contributed by atoms with van der Waals surface area (Å²) in [6.45, 7) is 5.08. The molecule has 0 radical (unpaired) electrons. The Hall–Kier alpha value is -3.47. The van der Waals surface area contributed by atoms with Gasteiger partial charge in [-0.25, -0.2) is 8.42 Å². The van der Waals surface area contributed by atoms with Crippen LogP contribution in [0.1, 0.15) is 32.8 Å². The van der Waals surface area contributed by atoms with Gasteiger partial charge in [0.05, 0.1) is 33.3 Å². The van der Waals surface area contributed by atoms with Gasteiger partial charge in [0.1, 0.15) is 18.3 Å². The summed E-state index contributed by atoms with van der Waals surface area (Å²) in [5.41, 5.74) is 1.000. The highest BCUT2D eigenvalue weighted by Gasteiger charge is 2.32. The van der Waals surface area contributed by atoms with E-state index in [1.165, 1.54) is 31.3 Å². The fourth-order valence-electron chi connectivity index (χ4n) is 3.82. The number of benzene rings is 2. The molecule has 11 heteroatoms. The highest BCUT2D eigenvalue weighted by molar-refractivity contribution is 7.92. The Morgan fingerprint density at radius 1 is 0.946 bits per heavy atom. The monoisotopic (exact) mass is 535 g/mol. The van der Waals surface area contributed by atoms with Gasteiger partial charge in [0.25, 0.3) is 0 Å². The molecule has 0 saturated carbocycles. The fourth-order valence-corrected chi connectivity index (χ4v) is 4.66. The van der Waals surface area contributed by atoms with Crippen molar-refractivity contribution in [3.05, 3.63) is 48.0 Å². The molecule has 0 aromatic heterocycles. The topological polar surface area (TPSA) is 114 Å². The van der Waals surface area contributed by atoms with E-state index >= 15 is 0 Å². The van der Waals surface area contributed by atoms with Crippen LogP contribution < -0.4 is 23.8 Å². The Morgan fingerprint density at radius 2 is 1.57 bits per heavy atom. The zero-order valence-corrected chi connectivity index (χ0v) is 23.3. The maximum atomic E-state index is 13.7. The quantitative estimate of drug-likeness (QED) is 0.419. The van der Waals surface area contributed by atoms with Gasteiger partial charge in [-0.2, -0.15) is 0 Å². The number of nitrogens with zero attached hydrogens (tertiary/aromatic N) is 2. The van der Waals surface area contributed by atoms with E-state index < -0.39 is 28.5 Å². The molecule has 0 bridgehead atoms. The average Bonchev–Trinajstić information content (AvgIpc) is 2.85. The van der Waals surface area contributed by atoms with Crippen LogP contribution in [0.3, 0.4) is 0 Å². The predicted octanol–water partition coefficient (Wildman–Crippen LogP) is 2.81. The van der Waals surface area contributed by atoms with E-state index in [0.717, 1.165) is 16.1 Å². The highest BCUT2D eigenvalue weighted by atomic mass is 32.2. The number of anilines is 1. The van der Waals surface area contributed by atoms with Crippen molar-refractivity contribution in [2.45, 2.75) is 45.8 Å². The molecule has 204 valence electrons. The summed E-state index contributed by atoms with van der Waals surface area (Å²) in [6.07, 6.45) is 1.36. The summed E-state index contributed by atoms with van der Waals surface area (Å²) in [6, 6.07) is 10.8. The Balaban J connectivity index is 2.48. The first-order valence-electron chi connectivity index (χ1n) is 11.9. The molecule has 0 heterocycles. The molecule has 2 aromatic carbocycles. The minimum atomic E-state index is -3.87. The Bertz CT molecular complexity index is 1170. The van der Waals surface area contributed by atoms with Gasteiger partial charge in [-0.3, -0.25) is 13.9 Å². The summed E-state index contributed by atoms with van der Waals surface area (Å²) in [5, 5.41) is 2.86. The maximum absolute atomic E-state index is 13.7. The van der Waals surface area contributed by atoms with Crippen molar-refractivity contribution in [3.8, 4) is 17.2 Å². The lowest BCUT2D eigenvalue weighted by Crippen LogP contribution is -2.53. The van der Waals surface area contributed by atoms with Crippen LogP contribution in [0.15, 0.2) is 42.5 Å². The zero-order chi connectivity index (χ0) is 27.8. The molecule has 0 unspecified atom stereocenters. The molecule has 2 aromatic rings. The summed E-state index contributed by atoms with van der Waals surface area (Å²) >= 11 is 0. The second kappa shape index (κ2) is 13.2. The number of hydrogen-bond donors (Lipinski definition) is 1. The fraction of sp³-hybridized carbons (Fsp3) is 0.462. The minimum absolute atomic E-state index is 0.108.